The quantitative estimate of drug-likeness (QED) is 0.598. The lowest BCUT2D eigenvalue weighted by Gasteiger charge is -2.47. The molecule has 12 aliphatic rings. The van der Waals surface area contributed by atoms with Crippen molar-refractivity contribution in [3.63, 3.8) is 0 Å². The zero-order valence-electron chi connectivity index (χ0n) is 12.7. The fraction of sp³-hybridized carbons (Fsp3) is 0.818. The van der Waals surface area contributed by atoms with Crippen LogP contribution in [0.25, 0.3) is 0 Å². The molecule has 0 saturated heterocycles. The summed E-state index contributed by atoms with van der Waals surface area (Å²) >= 11 is 0. The third-order valence-electron chi connectivity index (χ3n) is 12.5. The molecule has 0 heterocycles. The minimum absolute atomic E-state index is 1.15. The molecule has 4 bridgehead atoms. The van der Waals surface area contributed by atoms with Gasteiger partial charge in [0.25, 0.3) is 0 Å². The molecule has 8 unspecified atom stereocenters. The minimum atomic E-state index is 1.15. The van der Waals surface area contributed by atoms with Crippen LogP contribution in [0.2, 0.25) is 0 Å². The Bertz CT molecular complexity index is 676. The second-order valence-corrected chi connectivity index (χ2v) is 11.5. The molecule has 8 fully saturated rings. The predicted octanol–water partition coefficient (Wildman–Crippen LogP) is 3.37. The van der Waals surface area contributed by atoms with E-state index in [1.807, 2.05) is 0 Å². The highest BCUT2D eigenvalue weighted by molar-refractivity contribution is 5.62. The van der Waals surface area contributed by atoms with Crippen LogP contribution in [0.15, 0.2) is 22.3 Å². The van der Waals surface area contributed by atoms with E-state index >= 15 is 0 Å². The van der Waals surface area contributed by atoms with Crippen molar-refractivity contribution in [2.45, 2.75) is 12.8 Å². The van der Waals surface area contributed by atoms with Crippen molar-refractivity contribution in [3.8, 4) is 0 Å². The Hall–Kier alpha value is -0.520. The van der Waals surface area contributed by atoms with Crippen LogP contribution in [0.4, 0.5) is 0 Å². The second kappa shape index (κ2) is 2.06. The van der Waals surface area contributed by atoms with Crippen molar-refractivity contribution in [2.24, 2.45) is 94.7 Å². The summed E-state index contributed by atoms with van der Waals surface area (Å²) in [6, 6.07) is 0. The van der Waals surface area contributed by atoms with Gasteiger partial charge in [0.1, 0.15) is 0 Å². The fourth-order valence-electron chi connectivity index (χ4n) is 13.7. The number of allylic oxidation sites excluding steroid dienone is 4. The largest absolute Gasteiger partial charge is 0.0630 e. The number of hydrogen-bond donors (Lipinski definition) is 0. The number of hydrogen-bond acceptors (Lipinski definition) is 0. The molecule has 0 nitrogen and oxygen atoms in total. The van der Waals surface area contributed by atoms with Gasteiger partial charge < -0.3 is 0 Å². The van der Waals surface area contributed by atoms with Crippen LogP contribution in [0.3, 0.4) is 0 Å². The maximum atomic E-state index is 2.22. The van der Waals surface area contributed by atoms with Gasteiger partial charge >= 0.3 is 0 Å². The van der Waals surface area contributed by atoms with Crippen LogP contribution < -0.4 is 0 Å². The Morgan fingerprint density at radius 2 is 0.591 bits per heavy atom. The zero-order valence-corrected chi connectivity index (χ0v) is 12.7. The topological polar surface area (TPSA) is 0 Å². The highest BCUT2D eigenvalue weighted by Crippen LogP contribution is 2.94. The first-order chi connectivity index (χ1) is 11.0. The van der Waals surface area contributed by atoms with Crippen LogP contribution in [-0.2, 0) is 0 Å². The van der Waals surface area contributed by atoms with Crippen LogP contribution in [-0.4, -0.2) is 0 Å². The van der Waals surface area contributed by atoms with Crippen LogP contribution >= 0.6 is 0 Å². The van der Waals surface area contributed by atoms with Crippen molar-refractivity contribution in [3.05, 3.63) is 22.3 Å². The summed E-state index contributed by atoms with van der Waals surface area (Å²) in [7, 11) is 0. The first kappa shape index (κ1) is 9.09. The Morgan fingerprint density at radius 3 is 0.818 bits per heavy atom. The summed E-state index contributed by atoms with van der Waals surface area (Å²) in [6.07, 6.45) is 3.40. The van der Waals surface area contributed by atoms with Crippen LogP contribution in [0, 0.1) is 94.7 Å². The average molecular weight is 284 g/mol. The molecule has 0 aromatic carbocycles. The highest BCUT2D eigenvalue weighted by atomic mass is 14.9. The van der Waals surface area contributed by atoms with E-state index in [1.165, 1.54) is 47.3 Å². The SMILES string of the molecule is C1C2C3C4=C5C6C7CC8C5C5C4C1C1C4=C(C7C(C42)C36)C8C15. The molecule has 22 heavy (non-hydrogen) atoms. The summed E-state index contributed by atoms with van der Waals surface area (Å²) in [5, 5.41) is 0. The van der Waals surface area contributed by atoms with E-state index in [1.54, 1.807) is 12.8 Å². The summed E-state index contributed by atoms with van der Waals surface area (Å²) in [6.45, 7) is 0. The normalized spacial score (nSPS) is 87.3. The summed E-state index contributed by atoms with van der Waals surface area (Å²) in [5.74, 6) is 18.7. The van der Waals surface area contributed by atoms with Crippen molar-refractivity contribution < 1.29 is 0 Å². The van der Waals surface area contributed by atoms with E-state index in [0.717, 1.165) is 47.3 Å². The van der Waals surface area contributed by atoms with Crippen LogP contribution in [0.5, 0.6) is 0 Å². The highest BCUT2D eigenvalue weighted by Gasteiger charge is 2.88. The zero-order chi connectivity index (χ0) is 13.0. The van der Waals surface area contributed by atoms with Gasteiger partial charge in [0.15, 0.2) is 0 Å². The lowest BCUT2D eigenvalue weighted by atomic mass is 9.57. The van der Waals surface area contributed by atoms with E-state index < -0.39 is 0 Å². The summed E-state index contributed by atoms with van der Waals surface area (Å²) in [4.78, 5) is 0. The molecule has 0 radical (unpaired) electrons. The van der Waals surface area contributed by atoms with Gasteiger partial charge in [-0.3, -0.25) is 0 Å². The van der Waals surface area contributed by atoms with Crippen molar-refractivity contribution in [1.82, 2.24) is 0 Å². The maximum Gasteiger partial charge on any atom is -0.0126 e. The minimum Gasteiger partial charge on any atom is -0.0630 e. The Balaban J connectivity index is 1.51. The third-order valence-corrected chi connectivity index (χ3v) is 12.5. The van der Waals surface area contributed by atoms with Crippen molar-refractivity contribution in [1.29, 1.82) is 0 Å². The summed E-state index contributed by atoms with van der Waals surface area (Å²) < 4.78 is 0. The third kappa shape index (κ3) is 0.466. The lowest BCUT2D eigenvalue weighted by Crippen LogP contribution is -2.42. The molecule has 0 heteroatoms. The molecule has 0 aliphatic heterocycles. The first-order valence-electron chi connectivity index (χ1n) is 10.4. The van der Waals surface area contributed by atoms with Gasteiger partial charge in [-0.1, -0.05) is 22.3 Å². The molecule has 8 atom stereocenters. The van der Waals surface area contributed by atoms with E-state index in [2.05, 4.69) is 22.3 Å². The smallest absolute Gasteiger partial charge is 0.0126 e. The Kier molecular flexibility index (Phi) is 0.850. The van der Waals surface area contributed by atoms with Gasteiger partial charge in [-0.25, -0.2) is 0 Å². The predicted molar refractivity (Wildman–Crippen MR) is 79.1 cm³/mol. The number of rotatable bonds is 0. The van der Waals surface area contributed by atoms with Gasteiger partial charge in [0, 0.05) is 0 Å². The van der Waals surface area contributed by atoms with E-state index in [-0.39, 0.29) is 0 Å². The maximum absolute atomic E-state index is 2.22. The Labute approximate surface area is 130 Å². The van der Waals surface area contributed by atoms with Crippen molar-refractivity contribution >= 4 is 0 Å². The molecular weight excluding hydrogens is 264 g/mol. The standard InChI is InChI=1S/C22H20/c1-3-7-15-9-4(1)10-16-8(3)20-12-5-2-6-13(17(15)11(5)19(7)20)21(9)22(10)14(6)18(12)16/h3-14,19-22H,1-2H2. The van der Waals surface area contributed by atoms with Gasteiger partial charge in [-0.2, -0.15) is 0 Å². The molecule has 12 aliphatic carbocycles. The second-order valence-electron chi connectivity index (χ2n) is 11.5. The molecule has 0 N–H and O–H groups in total. The van der Waals surface area contributed by atoms with Gasteiger partial charge in [0.05, 0.1) is 0 Å². The molecule has 12 rings (SSSR count). The fourth-order valence-corrected chi connectivity index (χ4v) is 13.7. The van der Waals surface area contributed by atoms with Crippen LogP contribution in [0.1, 0.15) is 12.8 Å². The molecule has 0 spiro atoms. The van der Waals surface area contributed by atoms with E-state index in [9.17, 15) is 0 Å². The van der Waals surface area contributed by atoms with Gasteiger partial charge in [-0.05, 0) is 108 Å². The lowest BCUT2D eigenvalue weighted by molar-refractivity contribution is 0.0667. The summed E-state index contributed by atoms with van der Waals surface area (Å²) in [5.41, 5.74) is 8.90. The molecule has 0 amide bonds. The van der Waals surface area contributed by atoms with E-state index in [0.29, 0.717) is 0 Å². The monoisotopic (exact) mass is 284 g/mol. The van der Waals surface area contributed by atoms with E-state index in [4.69, 9.17) is 0 Å². The van der Waals surface area contributed by atoms with Crippen molar-refractivity contribution in [2.75, 3.05) is 0 Å². The first-order valence-corrected chi connectivity index (χ1v) is 10.4. The molecule has 108 valence electrons. The Morgan fingerprint density at radius 1 is 0.364 bits per heavy atom. The molecular formula is C22H20. The molecule has 0 aromatic heterocycles. The molecule has 0 aromatic rings. The average Bonchev–Trinajstić information content (AvgIpc) is 3.27. The van der Waals surface area contributed by atoms with Gasteiger partial charge in [0.2, 0.25) is 0 Å². The van der Waals surface area contributed by atoms with Gasteiger partial charge in [-0.15, -0.1) is 0 Å². The molecule has 8 saturated carbocycles.